The summed E-state index contributed by atoms with van der Waals surface area (Å²) in [6, 6.07) is 1.40. The highest BCUT2D eigenvalue weighted by atomic mass is 15.1. The van der Waals surface area contributed by atoms with Gasteiger partial charge < -0.3 is 10.2 Å². The van der Waals surface area contributed by atoms with Crippen molar-refractivity contribution in [2.24, 2.45) is 11.8 Å². The van der Waals surface area contributed by atoms with E-state index in [0.29, 0.717) is 12.1 Å². The van der Waals surface area contributed by atoms with E-state index in [9.17, 15) is 0 Å². The molecule has 2 atom stereocenters. The van der Waals surface area contributed by atoms with Gasteiger partial charge >= 0.3 is 0 Å². The van der Waals surface area contributed by atoms with Crippen LogP contribution in [0, 0.1) is 11.8 Å². The molecule has 0 spiro atoms. The van der Waals surface area contributed by atoms with Gasteiger partial charge in [-0.1, -0.05) is 40.0 Å². The first kappa shape index (κ1) is 17.0. The zero-order chi connectivity index (χ0) is 14.3. The highest BCUT2D eigenvalue weighted by Crippen LogP contribution is 2.27. The van der Waals surface area contributed by atoms with Gasteiger partial charge in [0.15, 0.2) is 0 Å². The van der Waals surface area contributed by atoms with E-state index in [-0.39, 0.29) is 0 Å². The van der Waals surface area contributed by atoms with Gasteiger partial charge in [0.25, 0.3) is 0 Å². The molecule has 2 nitrogen and oxygen atoms in total. The van der Waals surface area contributed by atoms with Gasteiger partial charge in [-0.25, -0.2) is 0 Å². The zero-order valence-corrected chi connectivity index (χ0v) is 13.9. The fourth-order valence-corrected chi connectivity index (χ4v) is 3.53. The number of likely N-dealkylation sites (N-methyl/N-ethyl adjacent to an activating group) is 2. The Balaban J connectivity index is 2.46. The van der Waals surface area contributed by atoms with Gasteiger partial charge in [0.05, 0.1) is 0 Å². The van der Waals surface area contributed by atoms with Crippen molar-refractivity contribution < 1.29 is 0 Å². The molecule has 0 aromatic heterocycles. The maximum atomic E-state index is 3.75. The Labute approximate surface area is 121 Å². The smallest absolute Gasteiger partial charge is 0.0223 e. The summed E-state index contributed by atoms with van der Waals surface area (Å²) in [4.78, 5) is 2.57. The molecule has 0 amide bonds. The summed E-state index contributed by atoms with van der Waals surface area (Å²) < 4.78 is 0. The molecular weight excluding hydrogens is 232 g/mol. The topological polar surface area (TPSA) is 15.3 Å². The lowest BCUT2D eigenvalue weighted by atomic mass is 9.83. The molecule has 1 aliphatic rings. The van der Waals surface area contributed by atoms with Crippen molar-refractivity contribution in [3.63, 3.8) is 0 Å². The molecule has 0 saturated heterocycles. The summed E-state index contributed by atoms with van der Waals surface area (Å²) in [7, 11) is 2.31. The van der Waals surface area contributed by atoms with Crippen molar-refractivity contribution in [3.05, 3.63) is 0 Å². The van der Waals surface area contributed by atoms with Crippen LogP contribution in [0.1, 0.15) is 66.2 Å². The third kappa shape index (κ3) is 6.27. The van der Waals surface area contributed by atoms with E-state index in [2.05, 4.69) is 45.0 Å². The van der Waals surface area contributed by atoms with Crippen molar-refractivity contribution in [3.8, 4) is 0 Å². The summed E-state index contributed by atoms with van der Waals surface area (Å²) in [5, 5.41) is 3.75. The standard InChI is InChI=1S/C17H36N2/c1-6-18-17(16-10-8-7-9-11-16)13-19(5)15(4)12-14(2)3/h14-18H,6-13H2,1-5H3. The molecule has 1 fully saturated rings. The molecule has 2 unspecified atom stereocenters. The number of rotatable bonds is 8. The maximum Gasteiger partial charge on any atom is 0.0223 e. The van der Waals surface area contributed by atoms with Crippen LogP contribution in [-0.2, 0) is 0 Å². The molecule has 0 aliphatic heterocycles. The second-order valence-electron chi connectivity index (χ2n) is 6.98. The van der Waals surface area contributed by atoms with Gasteiger partial charge in [-0.05, 0) is 51.6 Å². The average molecular weight is 268 g/mol. The van der Waals surface area contributed by atoms with Crippen LogP contribution in [0.15, 0.2) is 0 Å². The second-order valence-corrected chi connectivity index (χ2v) is 6.98. The summed E-state index contributed by atoms with van der Waals surface area (Å²) in [5.41, 5.74) is 0. The molecule has 1 N–H and O–H groups in total. The molecule has 0 aromatic carbocycles. The lowest BCUT2D eigenvalue weighted by Gasteiger charge is -2.36. The van der Waals surface area contributed by atoms with Gasteiger partial charge in [0.1, 0.15) is 0 Å². The quantitative estimate of drug-likeness (QED) is 0.718. The first-order valence-electron chi connectivity index (χ1n) is 8.48. The predicted molar refractivity (Wildman–Crippen MR) is 85.6 cm³/mol. The Hall–Kier alpha value is -0.0800. The molecular formula is C17H36N2. The largest absolute Gasteiger partial charge is 0.313 e. The Bertz CT molecular complexity index is 221. The van der Waals surface area contributed by atoms with Crippen molar-refractivity contribution in [1.82, 2.24) is 10.2 Å². The molecule has 0 aromatic rings. The molecule has 19 heavy (non-hydrogen) atoms. The third-order valence-corrected chi connectivity index (χ3v) is 4.73. The van der Waals surface area contributed by atoms with Crippen LogP contribution in [0.4, 0.5) is 0 Å². The second kappa shape index (κ2) is 8.97. The minimum absolute atomic E-state index is 0.699. The minimum atomic E-state index is 0.699. The van der Waals surface area contributed by atoms with E-state index >= 15 is 0 Å². The van der Waals surface area contributed by atoms with E-state index in [1.54, 1.807) is 0 Å². The van der Waals surface area contributed by atoms with Gasteiger partial charge in [-0.3, -0.25) is 0 Å². The zero-order valence-electron chi connectivity index (χ0n) is 13.9. The Morgan fingerprint density at radius 1 is 1.11 bits per heavy atom. The summed E-state index contributed by atoms with van der Waals surface area (Å²) in [6.45, 7) is 11.6. The lowest BCUT2D eigenvalue weighted by molar-refractivity contribution is 0.165. The van der Waals surface area contributed by atoms with Crippen LogP contribution in [-0.4, -0.2) is 37.1 Å². The minimum Gasteiger partial charge on any atom is -0.313 e. The van der Waals surface area contributed by atoms with E-state index in [4.69, 9.17) is 0 Å². The maximum absolute atomic E-state index is 3.75. The van der Waals surface area contributed by atoms with Crippen molar-refractivity contribution in [2.45, 2.75) is 78.3 Å². The van der Waals surface area contributed by atoms with Crippen LogP contribution >= 0.6 is 0 Å². The Morgan fingerprint density at radius 2 is 1.74 bits per heavy atom. The van der Waals surface area contributed by atoms with Gasteiger partial charge in [-0.15, -0.1) is 0 Å². The van der Waals surface area contributed by atoms with Crippen LogP contribution in [0.2, 0.25) is 0 Å². The summed E-state index contributed by atoms with van der Waals surface area (Å²) in [6.07, 6.45) is 8.51. The molecule has 0 bridgehead atoms. The fraction of sp³-hybridized carbons (Fsp3) is 1.00. The van der Waals surface area contributed by atoms with Crippen molar-refractivity contribution in [1.29, 1.82) is 0 Å². The molecule has 0 radical (unpaired) electrons. The summed E-state index contributed by atoms with van der Waals surface area (Å²) >= 11 is 0. The Morgan fingerprint density at radius 3 is 2.26 bits per heavy atom. The van der Waals surface area contributed by atoms with E-state index in [0.717, 1.165) is 18.4 Å². The van der Waals surface area contributed by atoms with E-state index in [1.807, 2.05) is 0 Å². The predicted octanol–water partition coefficient (Wildman–Crippen LogP) is 3.91. The summed E-state index contributed by atoms with van der Waals surface area (Å²) in [5.74, 6) is 1.70. The van der Waals surface area contributed by atoms with Crippen molar-refractivity contribution >= 4 is 0 Å². The normalized spacial score (nSPS) is 21.0. The number of hydrogen-bond acceptors (Lipinski definition) is 2. The highest BCUT2D eigenvalue weighted by Gasteiger charge is 2.25. The number of hydrogen-bond donors (Lipinski definition) is 1. The SMILES string of the molecule is CCNC(CN(C)C(C)CC(C)C)C1CCCCC1. The highest BCUT2D eigenvalue weighted by molar-refractivity contribution is 4.82. The molecule has 114 valence electrons. The molecule has 1 rings (SSSR count). The molecule has 2 heteroatoms. The van der Waals surface area contributed by atoms with Crippen molar-refractivity contribution in [2.75, 3.05) is 20.1 Å². The van der Waals surface area contributed by atoms with E-state index in [1.165, 1.54) is 45.1 Å². The first-order chi connectivity index (χ1) is 9.04. The lowest BCUT2D eigenvalue weighted by Crippen LogP contribution is -2.47. The van der Waals surface area contributed by atoms with Gasteiger partial charge in [-0.2, -0.15) is 0 Å². The molecule has 0 heterocycles. The van der Waals surface area contributed by atoms with Crippen LogP contribution in [0.5, 0.6) is 0 Å². The first-order valence-corrected chi connectivity index (χ1v) is 8.48. The molecule has 1 saturated carbocycles. The van der Waals surface area contributed by atoms with Gasteiger partial charge in [0.2, 0.25) is 0 Å². The Kier molecular flexibility index (Phi) is 8.01. The molecule has 1 aliphatic carbocycles. The monoisotopic (exact) mass is 268 g/mol. The number of nitrogens with one attached hydrogen (secondary N) is 1. The fourth-order valence-electron chi connectivity index (χ4n) is 3.53. The number of nitrogens with zero attached hydrogens (tertiary/aromatic N) is 1. The van der Waals surface area contributed by atoms with Crippen LogP contribution in [0.25, 0.3) is 0 Å². The average Bonchev–Trinajstić information content (AvgIpc) is 2.38. The third-order valence-electron chi connectivity index (χ3n) is 4.73. The van der Waals surface area contributed by atoms with Crippen LogP contribution in [0.3, 0.4) is 0 Å². The van der Waals surface area contributed by atoms with Gasteiger partial charge in [0, 0.05) is 18.6 Å². The van der Waals surface area contributed by atoms with Crippen LogP contribution < -0.4 is 5.32 Å². The van der Waals surface area contributed by atoms with E-state index < -0.39 is 0 Å².